The molecule has 1 saturated heterocycles. The molecule has 1 aliphatic heterocycles. The Morgan fingerprint density at radius 2 is 1.90 bits per heavy atom. The van der Waals surface area contributed by atoms with Gasteiger partial charge in [0.05, 0.1) is 6.10 Å². The monoisotopic (exact) mass is 289 g/mol. The van der Waals surface area contributed by atoms with Crippen molar-refractivity contribution in [3.05, 3.63) is 35.4 Å². The fourth-order valence-electron chi connectivity index (χ4n) is 3.43. The number of hydrogen-bond acceptors (Lipinski definition) is 3. The zero-order chi connectivity index (χ0) is 15.0. The molecule has 0 spiro atoms. The Balaban J connectivity index is 1.76. The highest BCUT2D eigenvalue weighted by atomic mass is 16.4. The number of amides is 1. The van der Waals surface area contributed by atoms with Crippen LogP contribution >= 0.6 is 0 Å². The number of hydrogen-bond donors (Lipinski definition) is 2. The maximum Gasteiger partial charge on any atom is 0.326 e. The third-order valence-corrected chi connectivity index (χ3v) is 4.54. The molecule has 0 bridgehead atoms. The van der Waals surface area contributed by atoms with Gasteiger partial charge in [-0.2, -0.15) is 0 Å². The lowest BCUT2D eigenvalue weighted by molar-refractivity contribution is -0.150. The lowest BCUT2D eigenvalue weighted by atomic mass is 9.83. The highest BCUT2D eigenvalue weighted by molar-refractivity contribution is 5.86. The molecule has 1 aliphatic carbocycles. The summed E-state index contributed by atoms with van der Waals surface area (Å²) in [7, 11) is 0. The number of aliphatic carboxylic acids is 1. The Morgan fingerprint density at radius 3 is 2.62 bits per heavy atom. The summed E-state index contributed by atoms with van der Waals surface area (Å²) in [6.45, 7) is 0.133. The Hall–Kier alpha value is -1.88. The van der Waals surface area contributed by atoms with Crippen molar-refractivity contribution < 1.29 is 19.8 Å². The Morgan fingerprint density at radius 1 is 1.19 bits per heavy atom. The van der Waals surface area contributed by atoms with E-state index in [0.717, 1.165) is 12.8 Å². The first-order valence-electron chi connectivity index (χ1n) is 7.34. The third-order valence-electron chi connectivity index (χ3n) is 4.54. The van der Waals surface area contributed by atoms with E-state index in [1.807, 2.05) is 18.2 Å². The van der Waals surface area contributed by atoms with Crippen molar-refractivity contribution in [1.82, 2.24) is 4.90 Å². The van der Waals surface area contributed by atoms with Crippen LogP contribution in [0.2, 0.25) is 0 Å². The van der Waals surface area contributed by atoms with Crippen LogP contribution in [-0.2, 0) is 22.4 Å². The van der Waals surface area contributed by atoms with Crippen molar-refractivity contribution in [2.45, 2.75) is 37.8 Å². The van der Waals surface area contributed by atoms with Crippen molar-refractivity contribution in [3.63, 3.8) is 0 Å². The number of carboxylic acid groups (broad SMARTS) is 1. The van der Waals surface area contributed by atoms with Gasteiger partial charge in [0.15, 0.2) is 0 Å². The summed E-state index contributed by atoms with van der Waals surface area (Å²) in [6, 6.07) is 7.19. The molecule has 1 heterocycles. The van der Waals surface area contributed by atoms with Crippen molar-refractivity contribution in [1.29, 1.82) is 0 Å². The second-order valence-electron chi connectivity index (χ2n) is 5.94. The van der Waals surface area contributed by atoms with Crippen molar-refractivity contribution in [2.24, 2.45) is 5.92 Å². The predicted molar refractivity (Wildman–Crippen MR) is 75.7 cm³/mol. The molecule has 0 saturated carbocycles. The molecule has 3 atom stereocenters. The fraction of sp³-hybridized carbons (Fsp3) is 0.500. The number of carbonyl (C=O) groups excluding carboxylic acids is 1. The largest absolute Gasteiger partial charge is 0.480 e. The molecule has 112 valence electrons. The van der Waals surface area contributed by atoms with Crippen LogP contribution in [0.1, 0.15) is 24.0 Å². The van der Waals surface area contributed by atoms with Crippen molar-refractivity contribution in [3.8, 4) is 0 Å². The summed E-state index contributed by atoms with van der Waals surface area (Å²) >= 11 is 0. The first-order valence-corrected chi connectivity index (χ1v) is 7.34. The first-order chi connectivity index (χ1) is 10.1. The lowest BCUT2D eigenvalue weighted by Crippen LogP contribution is -2.44. The van der Waals surface area contributed by atoms with E-state index in [-0.39, 0.29) is 24.8 Å². The van der Waals surface area contributed by atoms with Gasteiger partial charge in [-0.05, 0) is 30.4 Å². The number of rotatable bonds is 2. The molecule has 3 rings (SSSR count). The number of aryl methyl sites for hydroxylation is 1. The molecular formula is C16H19NO4. The van der Waals surface area contributed by atoms with E-state index in [4.69, 9.17) is 0 Å². The summed E-state index contributed by atoms with van der Waals surface area (Å²) < 4.78 is 0. The smallest absolute Gasteiger partial charge is 0.326 e. The van der Waals surface area contributed by atoms with Crippen LogP contribution in [-0.4, -0.2) is 45.7 Å². The van der Waals surface area contributed by atoms with Crippen LogP contribution in [0.5, 0.6) is 0 Å². The van der Waals surface area contributed by atoms with Crippen molar-refractivity contribution >= 4 is 11.9 Å². The number of fused-ring (bicyclic) bond motifs is 1. The summed E-state index contributed by atoms with van der Waals surface area (Å²) in [5.74, 6) is -1.34. The SMILES string of the molecule is O=C(O)[C@H]1C[C@@H](O)CN1C(=O)C1CCc2ccccc2C1. The second kappa shape index (κ2) is 5.48. The Labute approximate surface area is 123 Å². The molecule has 1 amide bonds. The Bertz CT molecular complexity index is 571. The van der Waals surface area contributed by atoms with E-state index in [2.05, 4.69) is 6.07 Å². The molecule has 21 heavy (non-hydrogen) atoms. The van der Waals surface area contributed by atoms with Gasteiger partial charge in [0.2, 0.25) is 5.91 Å². The zero-order valence-corrected chi connectivity index (χ0v) is 11.7. The van der Waals surface area contributed by atoms with Gasteiger partial charge < -0.3 is 15.1 Å². The van der Waals surface area contributed by atoms with Crippen LogP contribution in [0.15, 0.2) is 24.3 Å². The number of β-amino-alcohol motifs (C(OH)–C–C–N with tert-alkyl or cyclic N) is 1. The molecule has 1 aromatic rings. The van der Waals surface area contributed by atoms with E-state index in [1.54, 1.807) is 0 Å². The average molecular weight is 289 g/mol. The number of carbonyl (C=O) groups is 2. The molecule has 2 N–H and O–H groups in total. The van der Waals surface area contributed by atoms with Crippen LogP contribution in [0.25, 0.3) is 0 Å². The predicted octanol–water partition coefficient (Wildman–Crippen LogP) is 0.838. The molecule has 0 radical (unpaired) electrons. The molecule has 0 aromatic heterocycles. The van der Waals surface area contributed by atoms with Crippen LogP contribution in [0, 0.1) is 5.92 Å². The van der Waals surface area contributed by atoms with Crippen LogP contribution in [0.3, 0.4) is 0 Å². The van der Waals surface area contributed by atoms with Gasteiger partial charge in [-0.1, -0.05) is 24.3 Å². The number of aliphatic hydroxyl groups is 1. The number of benzene rings is 1. The van der Waals surface area contributed by atoms with Gasteiger partial charge in [-0.25, -0.2) is 4.79 Å². The normalized spacial score (nSPS) is 28.2. The minimum absolute atomic E-state index is 0.129. The molecule has 2 aliphatic rings. The summed E-state index contributed by atoms with van der Waals surface area (Å²) in [5, 5.41) is 18.9. The molecule has 1 aromatic carbocycles. The average Bonchev–Trinajstić information content (AvgIpc) is 2.88. The zero-order valence-electron chi connectivity index (χ0n) is 11.7. The van der Waals surface area contributed by atoms with Gasteiger partial charge in [0.25, 0.3) is 0 Å². The number of aliphatic hydroxyl groups excluding tert-OH is 1. The van der Waals surface area contributed by atoms with Gasteiger partial charge in [0, 0.05) is 18.9 Å². The topological polar surface area (TPSA) is 77.8 Å². The molecule has 1 fully saturated rings. The Kier molecular flexibility index (Phi) is 3.68. The minimum atomic E-state index is -1.03. The van der Waals surface area contributed by atoms with E-state index in [1.165, 1.54) is 16.0 Å². The van der Waals surface area contributed by atoms with Gasteiger partial charge in [0.1, 0.15) is 6.04 Å². The summed E-state index contributed by atoms with van der Waals surface area (Å²) in [5.41, 5.74) is 2.45. The highest BCUT2D eigenvalue weighted by Crippen LogP contribution is 2.29. The van der Waals surface area contributed by atoms with Crippen LogP contribution < -0.4 is 0 Å². The van der Waals surface area contributed by atoms with Gasteiger partial charge in [-0.15, -0.1) is 0 Å². The van der Waals surface area contributed by atoms with Crippen molar-refractivity contribution in [2.75, 3.05) is 6.54 Å². The first kappa shape index (κ1) is 14.1. The van der Waals surface area contributed by atoms with E-state index < -0.39 is 18.1 Å². The lowest BCUT2D eigenvalue weighted by Gasteiger charge is -2.29. The standard InChI is InChI=1S/C16H19NO4/c18-13-8-14(16(20)21)17(9-13)15(19)12-6-5-10-3-1-2-4-11(10)7-12/h1-4,12-14,18H,5-9H2,(H,20,21)/t12?,13-,14-/m1/s1. The van der Waals surface area contributed by atoms with Crippen LogP contribution in [0.4, 0.5) is 0 Å². The fourth-order valence-corrected chi connectivity index (χ4v) is 3.43. The van der Waals surface area contributed by atoms with Gasteiger partial charge >= 0.3 is 5.97 Å². The molecule has 5 heteroatoms. The molecular weight excluding hydrogens is 270 g/mol. The minimum Gasteiger partial charge on any atom is -0.480 e. The second-order valence-corrected chi connectivity index (χ2v) is 5.94. The highest BCUT2D eigenvalue weighted by Gasteiger charge is 2.41. The molecule has 5 nitrogen and oxygen atoms in total. The maximum absolute atomic E-state index is 12.6. The summed E-state index contributed by atoms with van der Waals surface area (Å²) in [6.07, 6.45) is 1.65. The number of carboxylic acids is 1. The number of nitrogens with zero attached hydrogens (tertiary/aromatic N) is 1. The summed E-state index contributed by atoms with van der Waals surface area (Å²) in [4.78, 5) is 25.2. The van der Waals surface area contributed by atoms with E-state index >= 15 is 0 Å². The van der Waals surface area contributed by atoms with E-state index in [9.17, 15) is 19.8 Å². The van der Waals surface area contributed by atoms with Gasteiger partial charge in [-0.3, -0.25) is 4.79 Å². The quantitative estimate of drug-likeness (QED) is 0.845. The number of likely N-dealkylation sites (tertiary alicyclic amines) is 1. The van der Waals surface area contributed by atoms with E-state index in [0.29, 0.717) is 6.42 Å². The maximum atomic E-state index is 12.6. The molecule has 1 unspecified atom stereocenters. The third kappa shape index (κ3) is 2.65.